The van der Waals surface area contributed by atoms with Gasteiger partial charge in [0.05, 0.1) is 11.6 Å². The van der Waals surface area contributed by atoms with Crippen LogP contribution in [0.1, 0.15) is 11.1 Å². The zero-order valence-corrected chi connectivity index (χ0v) is 12.3. The Kier molecular flexibility index (Phi) is 4.37. The molecule has 1 aromatic carbocycles. The summed E-state index contributed by atoms with van der Waals surface area (Å²) in [6.45, 7) is 2.51. The van der Waals surface area contributed by atoms with Crippen molar-refractivity contribution in [2.75, 3.05) is 12.4 Å². The molecule has 19 heavy (non-hydrogen) atoms. The third kappa shape index (κ3) is 3.44. The zero-order chi connectivity index (χ0) is 13.8. The highest BCUT2D eigenvalue weighted by molar-refractivity contribution is 9.10. The Labute approximate surface area is 119 Å². The van der Waals surface area contributed by atoms with Gasteiger partial charge in [0.15, 0.2) is 0 Å². The Morgan fingerprint density at radius 1 is 1.37 bits per heavy atom. The number of nitrogens with zero attached hydrogens (tertiary/aromatic N) is 1. The van der Waals surface area contributed by atoms with E-state index in [1.165, 1.54) is 6.07 Å². The molecule has 0 aliphatic rings. The summed E-state index contributed by atoms with van der Waals surface area (Å²) in [5.41, 5.74) is 2.76. The first kappa shape index (κ1) is 13.8. The molecule has 5 heteroatoms. The Morgan fingerprint density at radius 3 is 2.79 bits per heavy atom. The monoisotopic (exact) mass is 324 g/mol. The van der Waals surface area contributed by atoms with E-state index in [4.69, 9.17) is 4.74 Å². The van der Waals surface area contributed by atoms with Crippen molar-refractivity contribution in [2.24, 2.45) is 0 Å². The van der Waals surface area contributed by atoms with Crippen molar-refractivity contribution < 1.29 is 9.13 Å². The summed E-state index contributed by atoms with van der Waals surface area (Å²) in [6.07, 6.45) is 1.73. The molecular formula is C14H14BrFN2O. The number of pyridine rings is 1. The largest absolute Gasteiger partial charge is 0.481 e. The predicted molar refractivity (Wildman–Crippen MR) is 77.0 cm³/mol. The van der Waals surface area contributed by atoms with Crippen LogP contribution >= 0.6 is 15.9 Å². The topological polar surface area (TPSA) is 34.1 Å². The highest BCUT2D eigenvalue weighted by Gasteiger charge is 2.05. The fourth-order valence-corrected chi connectivity index (χ4v) is 2.13. The molecule has 3 nitrogen and oxygen atoms in total. The number of anilines is 1. The number of methoxy groups -OCH3 is 1. The van der Waals surface area contributed by atoms with Gasteiger partial charge in [-0.3, -0.25) is 0 Å². The molecule has 100 valence electrons. The van der Waals surface area contributed by atoms with Gasteiger partial charge in [-0.2, -0.15) is 0 Å². The second kappa shape index (κ2) is 6.02. The van der Waals surface area contributed by atoms with Gasteiger partial charge in [-0.15, -0.1) is 0 Å². The summed E-state index contributed by atoms with van der Waals surface area (Å²) < 4.78 is 18.9. The lowest BCUT2D eigenvalue weighted by molar-refractivity contribution is 0.397. The Balaban J connectivity index is 2.07. The summed E-state index contributed by atoms with van der Waals surface area (Å²) >= 11 is 3.17. The van der Waals surface area contributed by atoms with E-state index in [9.17, 15) is 4.39 Å². The predicted octanol–water partition coefficient (Wildman–Crippen LogP) is 3.91. The second-order valence-electron chi connectivity index (χ2n) is 4.14. The van der Waals surface area contributed by atoms with Gasteiger partial charge in [0.25, 0.3) is 0 Å². The third-order valence-electron chi connectivity index (χ3n) is 2.76. The van der Waals surface area contributed by atoms with Crippen molar-refractivity contribution >= 4 is 21.6 Å². The number of aryl methyl sites for hydroxylation is 1. The number of ether oxygens (including phenoxy) is 1. The van der Waals surface area contributed by atoms with E-state index in [1.54, 1.807) is 25.4 Å². The van der Waals surface area contributed by atoms with E-state index >= 15 is 0 Å². The van der Waals surface area contributed by atoms with Crippen molar-refractivity contribution in [3.05, 3.63) is 51.9 Å². The molecule has 0 amide bonds. The molecule has 1 N–H and O–H groups in total. The van der Waals surface area contributed by atoms with Crippen LogP contribution in [0.2, 0.25) is 0 Å². The molecule has 2 rings (SSSR count). The number of hydrogen-bond acceptors (Lipinski definition) is 3. The van der Waals surface area contributed by atoms with Crippen LogP contribution in [0.5, 0.6) is 5.88 Å². The maximum Gasteiger partial charge on any atom is 0.212 e. The summed E-state index contributed by atoms with van der Waals surface area (Å²) in [5.74, 6) is 0.301. The quantitative estimate of drug-likeness (QED) is 0.925. The average molecular weight is 325 g/mol. The summed E-state index contributed by atoms with van der Waals surface area (Å²) in [5, 5.41) is 3.19. The van der Waals surface area contributed by atoms with Gasteiger partial charge < -0.3 is 10.1 Å². The minimum absolute atomic E-state index is 0.277. The Morgan fingerprint density at radius 2 is 2.16 bits per heavy atom. The molecular weight excluding hydrogens is 311 g/mol. The summed E-state index contributed by atoms with van der Waals surface area (Å²) in [4.78, 5) is 4.12. The maximum atomic E-state index is 13.5. The van der Waals surface area contributed by atoms with Crippen LogP contribution in [0, 0.1) is 12.7 Å². The number of rotatable bonds is 4. The first-order chi connectivity index (χ1) is 9.10. The van der Waals surface area contributed by atoms with E-state index in [0.29, 0.717) is 16.9 Å². The standard InChI is InChI=1S/C14H14BrFN2O/c1-9-5-11(15)12(16)6-13(9)17-7-10-3-4-14(19-2)18-8-10/h3-6,8,17H,7H2,1-2H3. The van der Waals surface area contributed by atoms with Crippen LogP contribution in [0.15, 0.2) is 34.9 Å². The zero-order valence-electron chi connectivity index (χ0n) is 10.7. The van der Waals surface area contributed by atoms with Crippen molar-refractivity contribution in [1.82, 2.24) is 4.98 Å². The van der Waals surface area contributed by atoms with Crippen LogP contribution < -0.4 is 10.1 Å². The fraction of sp³-hybridized carbons (Fsp3) is 0.214. The minimum Gasteiger partial charge on any atom is -0.481 e. The van der Waals surface area contributed by atoms with Gasteiger partial charge in [0.2, 0.25) is 5.88 Å². The highest BCUT2D eigenvalue weighted by Crippen LogP contribution is 2.24. The molecule has 0 bridgehead atoms. The van der Waals surface area contributed by atoms with Crippen LogP contribution in [0.3, 0.4) is 0 Å². The van der Waals surface area contributed by atoms with Gasteiger partial charge in [-0.05, 0) is 46.1 Å². The molecule has 0 saturated heterocycles. The van der Waals surface area contributed by atoms with E-state index < -0.39 is 0 Å². The smallest absolute Gasteiger partial charge is 0.212 e. The third-order valence-corrected chi connectivity index (χ3v) is 3.36. The van der Waals surface area contributed by atoms with E-state index in [0.717, 1.165) is 16.8 Å². The maximum absolute atomic E-state index is 13.5. The van der Waals surface area contributed by atoms with Gasteiger partial charge in [-0.1, -0.05) is 6.07 Å². The van der Waals surface area contributed by atoms with Gasteiger partial charge >= 0.3 is 0 Å². The number of aromatic nitrogens is 1. The molecule has 0 spiro atoms. The molecule has 0 unspecified atom stereocenters. The summed E-state index contributed by atoms with van der Waals surface area (Å²) in [7, 11) is 1.58. The summed E-state index contributed by atoms with van der Waals surface area (Å²) in [6, 6.07) is 6.95. The number of nitrogens with one attached hydrogen (secondary N) is 1. The number of benzene rings is 1. The molecule has 0 atom stereocenters. The molecule has 0 saturated carbocycles. The first-order valence-corrected chi connectivity index (χ1v) is 6.58. The second-order valence-corrected chi connectivity index (χ2v) is 5.00. The van der Waals surface area contributed by atoms with Gasteiger partial charge in [-0.25, -0.2) is 9.37 Å². The van der Waals surface area contributed by atoms with Crippen molar-refractivity contribution in [1.29, 1.82) is 0 Å². The molecule has 2 aromatic rings. The lowest BCUT2D eigenvalue weighted by atomic mass is 10.2. The van der Waals surface area contributed by atoms with Crippen molar-refractivity contribution in [2.45, 2.75) is 13.5 Å². The lowest BCUT2D eigenvalue weighted by Gasteiger charge is -2.10. The van der Waals surface area contributed by atoms with E-state index in [1.807, 2.05) is 13.0 Å². The number of halogens is 2. The highest BCUT2D eigenvalue weighted by atomic mass is 79.9. The van der Waals surface area contributed by atoms with Crippen LogP contribution in [-0.4, -0.2) is 12.1 Å². The lowest BCUT2D eigenvalue weighted by Crippen LogP contribution is -2.02. The number of hydrogen-bond donors (Lipinski definition) is 1. The fourth-order valence-electron chi connectivity index (χ4n) is 1.67. The van der Waals surface area contributed by atoms with Crippen LogP contribution in [0.4, 0.5) is 10.1 Å². The molecule has 0 aliphatic carbocycles. The minimum atomic E-state index is -0.277. The Bertz CT molecular complexity index is 572. The normalized spacial score (nSPS) is 10.3. The first-order valence-electron chi connectivity index (χ1n) is 5.78. The molecule has 0 radical (unpaired) electrons. The molecule has 1 aromatic heterocycles. The van der Waals surface area contributed by atoms with Crippen molar-refractivity contribution in [3.63, 3.8) is 0 Å². The SMILES string of the molecule is COc1ccc(CNc2cc(F)c(Br)cc2C)cn1. The van der Waals surface area contributed by atoms with Crippen molar-refractivity contribution in [3.8, 4) is 5.88 Å². The van der Waals surface area contributed by atoms with Gasteiger partial charge in [0, 0.05) is 24.5 Å². The molecule has 1 heterocycles. The molecule has 0 aliphatic heterocycles. The molecule has 0 fully saturated rings. The Hall–Kier alpha value is -1.62. The van der Waals surface area contributed by atoms with Gasteiger partial charge in [0.1, 0.15) is 5.82 Å². The van der Waals surface area contributed by atoms with Crippen LogP contribution in [-0.2, 0) is 6.54 Å². The van der Waals surface area contributed by atoms with E-state index in [2.05, 4.69) is 26.2 Å². The van der Waals surface area contributed by atoms with E-state index in [-0.39, 0.29) is 5.82 Å². The van der Waals surface area contributed by atoms with Crippen LogP contribution in [0.25, 0.3) is 0 Å². The average Bonchev–Trinajstić information content (AvgIpc) is 2.42.